The third kappa shape index (κ3) is 2.75. The number of hydrazone groups is 1. The van der Waals surface area contributed by atoms with Crippen molar-refractivity contribution in [3.8, 4) is 5.75 Å². The number of nitrogens with zero attached hydrogens (tertiary/aromatic N) is 2. The number of aromatic hydroxyl groups is 1. The summed E-state index contributed by atoms with van der Waals surface area (Å²) in [5, 5.41) is 13.6. The van der Waals surface area contributed by atoms with Crippen molar-refractivity contribution >= 4 is 38.0 Å². The maximum Gasteiger partial charge on any atom is 0.285 e. The Balaban J connectivity index is 1.86. The van der Waals surface area contributed by atoms with Crippen molar-refractivity contribution in [1.29, 1.82) is 0 Å². The van der Waals surface area contributed by atoms with Crippen molar-refractivity contribution < 1.29 is 13.5 Å². The van der Waals surface area contributed by atoms with E-state index in [1.807, 2.05) is 0 Å². The molecule has 1 aliphatic rings. The molecule has 8 heteroatoms. The second-order valence-corrected chi connectivity index (χ2v) is 6.97. The molecule has 0 unspecified atom stereocenters. The maximum absolute atomic E-state index is 11.9. The van der Waals surface area contributed by atoms with Gasteiger partial charge in [-0.25, -0.2) is 0 Å². The summed E-state index contributed by atoms with van der Waals surface area (Å²) in [5.41, 5.74) is 3.56. The number of benzene rings is 2. The van der Waals surface area contributed by atoms with E-state index in [9.17, 15) is 13.5 Å². The Morgan fingerprint density at radius 3 is 2.82 bits per heavy atom. The Hall–Kier alpha value is -2.19. The minimum atomic E-state index is -3.67. The molecule has 6 nitrogen and oxygen atoms in total. The van der Waals surface area contributed by atoms with Crippen LogP contribution < -0.4 is 5.43 Å². The van der Waals surface area contributed by atoms with Gasteiger partial charge >= 0.3 is 0 Å². The van der Waals surface area contributed by atoms with Crippen LogP contribution in [-0.2, 0) is 10.0 Å². The van der Waals surface area contributed by atoms with Crippen molar-refractivity contribution in [2.24, 2.45) is 9.50 Å². The molecule has 2 aromatic rings. The van der Waals surface area contributed by atoms with E-state index in [0.29, 0.717) is 11.1 Å². The lowest BCUT2D eigenvalue weighted by molar-refractivity contribution is 0.474. The predicted octanol–water partition coefficient (Wildman–Crippen LogP) is 2.23. The molecule has 2 N–H and O–H groups in total. The number of amidine groups is 1. The van der Waals surface area contributed by atoms with E-state index in [1.54, 1.807) is 30.3 Å². The first-order valence-electron chi connectivity index (χ1n) is 6.19. The fourth-order valence-corrected chi connectivity index (χ4v) is 3.53. The summed E-state index contributed by atoms with van der Waals surface area (Å²) >= 11 is 3.29. The van der Waals surface area contributed by atoms with E-state index in [4.69, 9.17) is 0 Å². The number of halogens is 1. The number of nitrogens with one attached hydrogen (secondary N) is 1. The van der Waals surface area contributed by atoms with Crippen LogP contribution in [0.2, 0.25) is 0 Å². The zero-order valence-corrected chi connectivity index (χ0v) is 13.5. The Kier molecular flexibility index (Phi) is 3.71. The van der Waals surface area contributed by atoms with Crippen LogP contribution >= 0.6 is 15.9 Å². The molecule has 1 heterocycles. The van der Waals surface area contributed by atoms with E-state index in [1.165, 1.54) is 18.3 Å². The molecule has 0 spiro atoms. The van der Waals surface area contributed by atoms with E-state index in [-0.39, 0.29) is 16.5 Å². The summed E-state index contributed by atoms with van der Waals surface area (Å²) in [4.78, 5) is 0.151. The average Bonchev–Trinajstić information content (AvgIpc) is 2.75. The van der Waals surface area contributed by atoms with Gasteiger partial charge < -0.3 is 5.11 Å². The third-order valence-electron chi connectivity index (χ3n) is 3.00. The molecule has 3 rings (SSSR count). The Morgan fingerprint density at radius 1 is 1.23 bits per heavy atom. The lowest BCUT2D eigenvalue weighted by Gasteiger charge is -2.01. The summed E-state index contributed by atoms with van der Waals surface area (Å²) < 4.78 is 28.2. The third-order valence-corrected chi connectivity index (χ3v) is 4.82. The number of rotatable bonds is 2. The molecule has 0 atom stereocenters. The van der Waals surface area contributed by atoms with Gasteiger partial charge in [0.2, 0.25) is 0 Å². The first kappa shape index (κ1) is 14.7. The Bertz CT molecular complexity index is 907. The van der Waals surface area contributed by atoms with Crippen LogP contribution in [-0.4, -0.2) is 25.6 Å². The van der Waals surface area contributed by atoms with Crippen molar-refractivity contribution in [2.45, 2.75) is 4.90 Å². The van der Waals surface area contributed by atoms with Gasteiger partial charge in [0.15, 0.2) is 5.84 Å². The maximum atomic E-state index is 11.9. The number of hydrogen-bond donors (Lipinski definition) is 2. The predicted molar refractivity (Wildman–Crippen MR) is 86.7 cm³/mol. The topological polar surface area (TPSA) is 91.1 Å². The van der Waals surface area contributed by atoms with Crippen LogP contribution in [0.1, 0.15) is 11.1 Å². The normalized spacial score (nSPS) is 15.6. The first-order chi connectivity index (χ1) is 10.5. The lowest BCUT2D eigenvalue weighted by Crippen LogP contribution is -2.17. The van der Waals surface area contributed by atoms with Gasteiger partial charge in [-0.05, 0) is 30.3 Å². The molecule has 0 amide bonds. The monoisotopic (exact) mass is 379 g/mol. The summed E-state index contributed by atoms with van der Waals surface area (Å²) in [6, 6.07) is 11.4. The summed E-state index contributed by atoms with van der Waals surface area (Å²) in [6.07, 6.45) is 1.39. The zero-order chi connectivity index (χ0) is 15.7. The van der Waals surface area contributed by atoms with Crippen LogP contribution in [0.3, 0.4) is 0 Å². The van der Waals surface area contributed by atoms with Crippen LogP contribution in [0.5, 0.6) is 5.75 Å². The standard InChI is InChI=1S/C14H10BrN3O3S/c15-10-5-6-12(19)9(7-10)8-16-17-14-11-3-1-2-4-13(11)22(20,21)18-14/h1-8,19H,(H,17,18). The van der Waals surface area contributed by atoms with Gasteiger partial charge in [0.25, 0.3) is 10.0 Å². The summed E-state index contributed by atoms with van der Waals surface area (Å²) in [6.45, 7) is 0. The average molecular weight is 380 g/mol. The van der Waals surface area contributed by atoms with Crippen molar-refractivity contribution in [3.05, 3.63) is 58.1 Å². The molecule has 0 saturated carbocycles. The fraction of sp³-hybridized carbons (Fsp3) is 0. The van der Waals surface area contributed by atoms with E-state index >= 15 is 0 Å². The second-order valence-electron chi connectivity index (χ2n) is 4.48. The molecular weight excluding hydrogens is 370 g/mol. The number of sulfonamides is 1. The number of fused-ring (bicyclic) bond motifs is 1. The second kappa shape index (κ2) is 5.54. The van der Waals surface area contributed by atoms with Crippen molar-refractivity contribution in [3.63, 3.8) is 0 Å². The highest BCUT2D eigenvalue weighted by atomic mass is 79.9. The minimum absolute atomic E-state index is 0.0649. The molecule has 0 saturated heterocycles. The SMILES string of the molecule is O=S1(=O)N=C(NN=Cc2cc(Br)ccc2O)c2ccccc21. The number of phenolic OH excluding ortho intramolecular Hbond substituents is 1. The van der Waals surface area contributed by atoms with Crippen LogP contribution in [0.4, 0.5) is 0 Å². The Labute approximate surface area is 135 Å². The highest BCUT2D eigenvalue weighted by Crippen LogP contribution is 2.25. The molecule has 1 aliphatic heterocycles. The molecule has 0 fully saturated rings. The first-order valence-corrected chi connectivity index (χ1v) is 8.43. The van der Waals surface area contributed by atoms with Gasteiger partial charge in [-0.15, -0.1) is 4.40 Å². The highest BCUT2D eigenvalue weighted by Gasteiger charge is 2.28. The van der Waals surface area contributed by atoms with E-state index in [2.05, 4.69) is 30.9 Å². The van der Waals surface area contributed by atoms with Gasteiger partial charge in [-0.2, -0.15) is 13.5 Å². The van der Waals surface area contributed by atoms with E-state index in [0.717, 1.165) is 4.47 Å². The highest BCUT2D eigenvalue weighted by molar-refractivity contribution is 9.10. The molecular formula is C14H10BrN3O3S. The number of phenols is 1. The van der Waals surface area contributed by atoms with Crippen molar-refractivity contribution in [1.82, 2.24) is 5.43 Å². The van der Waals surface area contributed by atoms with Gasteiger partial charge in [-0.1, -0.05) is 28.1 Å². The molecule has 22 heavy (non-hydrogen) atoms. The molecule has 0 aromatic heterocycles. The lowest BCUT2D eigenvalue weighted by atomic mass is 10.2. The van der Waals surface area contributed by atoms with Crippen LogP contribution in [0.15, 0.2) is 61.3 Å². The van der Waals surface area contributed by atoms with Gasteiger partial charge in [0, 0.05) is 15.6 Å². The van der Waals surface area contributed by atoms with Crippen LogP contribution in [0, 0.1) is 0 Å². The fourth-order valence-electron chi connectivity index (χ4n) is 1.98. The quantitative estimate of drug-likeness (QED) is 0.618. The molecule has 2 aromatic carbocycles. The number of hydrogen-bond acceptors (Lipinski definition) is 5. The molecule has 112 valence electrons. The molecule has 0 bridgehead atoms. The van der Waals surface area contributed by atoms with Gasteiger partial charge in [-0.3, -0.25) is 5.43 Å². The van der Waals surface area contributed by atoms with Crippen LogP contribution in [0.25, 0.3) is 0 Å². The molecule has 0 aliphatic carbocycles. The van der Waals surface area contributed by atoms with Gasteiger partial charge in [0.05, 0.1) is 6.21 Å². The minimum Gasteiger partial charge on any atom is -0.507 e. The van der Waals surface area contributed by atoms with Crippen molar-refractivity contribution in [2.75, 3.05) is 0 Å². The Morgan fingerprint density at radius 2 is 2.00 bits per heavy atom. The van der Waals surface area contributed by atoms with E-state index < -0.39 is 10.0 Å². The van der Waals surface area contributed by atoms with Gasteiger partial charge in [0.1, 0.15) is 10.6 Å². The largest absolute Gasteiger partial charge is 0.507 e. The molecule has 0 radical (unpaired) electrons. The zero-order valence-electron chi connectivity index (χ0n) is 11.1. The summed E-state index contributed by atoms with van der Waals surface area (Å²) in [7, 11) is -3.67. The smallest absolute Gasteiger partial charge is 0.285 e. The summed E-state index contributed by atoms with van der Waals surface area (Å²) in [5.74, 6) is 0.219.